The number of methoxy groups -OCH3 is 1. The van der Waals surface area contributed by atoms with Crippen molar-refractivity contribution in [3.63, 3.8) is 0 Å². The van der Waals surface area contributed by atoms with Crippen LogP contribution in [0.3, 0.4) is 0 Å². The van der Waals surface area contributed by atoms with Gasteiger partial charge < -0.3 is 20.3 Å². The Morgan fingerprint density at radius 3 is 2.39 bits per heavy atom. The molecule has 0 radical (unpaired) electrons. The van der Waals surface area contributed by atoms with Gasteiger partial charge in [-0.05, 0) is 56.2 Å². The van der Waals surface area contributed by atoms with Gasteiger partial charge in [0.05, 0.1) is 12.5 Å². The second kappa shape index (κ2) is 10.7. The monoisotopic (exact) mass is 423 g/mol. The summed E-state index contributed by atoms with van der Waals surface area (Å²) in [7, 11) is 1.59. The molecule has 3 amide bonds. The van der Waals surface area contributed by atoms with Crippen LogP contribution >= 0.6 is 0 Å². The number of nitrogens with zero attached hydrogens (tertiary/aromatic N) is 1. The van der Waals surface area contributed by atoms with Gasteiger partial charge in [0.15, 0.2) is 0 Å². The first-order valence-corrected chi connectivity index (χ1v) is 10.5. The zero-order valence-electron chi connectivity index (χ0n) is 18.0. The van der Waals surface area contributed by atoms with E-state index in [0.717, 1.165) is 18.4 Å². The van der Waals surface area contributed by atoms with Crippen molar-refractivity contribution in [2.24, 2.45) is 5.92 Å². The molecule has 1 atom stereocenters. The van der Waals surface area contributed by atoms with Crippen LogP contribution in [-0.4, -0.2) is 56.0 Å². The summed E-state index contributed by atoms with van der Waals surface area (Å²) in [6.07, 6.45) is 1.56. The fourth-order valence-corrected chi connectivity index (χ4v) is 3.58. The molecule has 1 heterocycles. The van der Waals surface area contributed by atoms with Crippen molar-refractivity contribution in [3.05, 3.63) is 65.2 Å². The average Bonchev–Trinajstić information content (AvgIpc) is 2.79. The molecule has 7 nitrogen and oxygen atoms in total. The third-order valence-electron chi connectivity index (χ3n) is 5.39. The van der Waals surface area contributed by atoms with Gasteiger partial charge in [-0.3, -0.25) is 14.4 Å². The highest BCUT2D eigenvalue weighted by Crippen LogP contribution is 2.20. The number of benzene rings is 2. The van der Waals surface area contributed by atoms with Crippen LogP contribution < -0.4 is 10.6 Å². The van der Waals surface area contributed by atoms with E-state index < -0.39 is 0 Å². The number of ether oxygens (including phenoxy) is 1. The number of hydrogen-bond acceptors (Lipinski definition) is 4. The van der Waals surface area contributed by atoms with Gasteiger partial charge in [-0.25, -0.2) is 0 Å². The smallest absolute Gasteiger partial charge is 0.255 e. The molecule has 1 fully saturated rings. The molecule has 164 valence electrons. The number of carbonyl (C=O) groups is 3. The van der Waals surface area contributed by atoms with Crippen molar-refractivity contribution >= 4 is 23.4 Å². The average molecular weight is 424 g/mol. The number of likely N-dealkylation sites (tertiary alicyclic amines) is 1. The van der Waals surface area contributed by atoms with Crippen LogP contribution in [0.25, 0.3) is 0 Å². The molecule has 0 bridgehead atoms. The molecular formula is C24H29N3O4. The molecule has 7 heteroatoms. The highest BCUT2D eigenvalue weighted by Gasteiger charge is 2.28. The van der Waals surface area contributed by atoms with Crippen molar-refractivity contribution in [3.8, 4) is 0 Å². The molecule has 0 aliphatic carbocycles. The first kappa shape index (κ1) is 22.5. The molecule has 2 N–H and O–H groups in total. The lowest BCUT2D eigenvalue weighted by Crippen LogP contribution is -2.45. The highest BCUT2D eigenvalue weighted by molar-refractivity contribution is 6.04. The van der Waals surface area contributed by atoms with E-state index in [1.54, 1.807) is 48.4 Å². The maximum absolute atomic E-state index is 12.9. The van der Waals surface area contributed by atoms with Gasteiger partial charge in [-0.15, -0.1) is 0 Å². The first-order chi connectivity index (χ1) is 15.0. The Morgan fingerprint density at radius 2 is 1.71 bits per heavy atom. The number of hydrogen-bond donors (Lipinski definition) is 2. The minimum absolute atomic E-state index is 0.0382. The van der Waals surface area contributed by atoms with E-state index in [0.29, 0.717) is 43.1 Å². The molecule has 31 heavy (non-hydrogen) atoms. The third-order valence-corrected chi connectivity index (χ3v) is 5.39. The van der Waals surface area contributed by atoms with Crippen LogP contribution in [0.15, 0.2) is 48.5 Å². The van der Waals surface area contributed by atoms with Gasteiger partial charge in [0, 0.05) is 43.6 Å². The van der Waals surface area contributed by atoms with Gasteiger partial charge in [0.2, 0.25) is 5.91 Å². The minimum Gasteiger partial charge on any atom is -0.383 e. The molecule has 0 unspecified atom stereocenters. The number of rotatable bonds is 7. The van der Waals surface area contributed by atoms with Crippen LogP contribution in [0.4, 0.5) is 5.69 Å². The minimum atomic E-state index is -0.206. The predicted molar refractivity (Wildman–Crippen MR) is 119 cm³/mol. The summed E-state index contributed by atoms with van der Waals surface area (Å²) >= 11 is 0. The van der Waals surface area contributed by atoms with E-state index in [9.17, 15) is 14.4 Å². The van der Waals surface area contributed by atoms with E-state index in [1.807, 2.05) is 19.1 Å². The van der Waals surface area contributed by atoms with Gasteiger partial charge >= 0.3 is 0 Å². The summed E-state index contributed by atoms with van der Waals surface area (Å²) in [6, 6.07) is 14.2. The Labute approximate surface area is 182 Å². The topological polar surface area (TPSA) is 87.7 Å². The van der Waals surface area contributed by atoms with Crippen molar-refractivity contribution in [2.45, 2.75) is 19.8 Å². The zero-order valence-corrected chi connectivity index (χ0v) is 18.0. The standard InChI is InChI=1S/C24H29N3O4/c1-17-5-7-18(8-6-17)23(29)26-21-11-9-19(10-12-21)24(30)27-14-3-4-20(16-27)22(28)25-13-15-31-2/h5-12,20H,3-4,13-16H2,1-2H3,(H,25,28)(H,26,29)/t20-/m0/s1. The Morgan fingerprint density at radius 1 is 1.03 bits per heavy atom. The van der Waals surface area contributed by atoms with Crippen molar-refractivity contribution < 1.29 is 19.1 Å². The number of aryl methyl sites for hydroxylation is 1. The Balaban J connectivity index is 1.57. The second-order valence-electron chi connectivity index (χ2n) is 7.77. The van der Waals surface area contributed by atoms with E-state index in [-0.39, 0.29) is 23.6 Å². The SMILES string of the molecule is COCCNC(=O)[C@H]1CCCN(C(=O)c2ccc(NC(=O)c3ccc(C)cc3)cc2)C1. The maximum atomic E-state index is 12.9. The number of amides is 3. The Bertz CT molecular complexity index is 909. The maximum Gasteiger partial charge on any atom is 0.255 e. The quantitative estimate of drug-likeness (QED) is 0.671. The predicted octanol–water partition coefficient (Wildman–Crippen LogP) is 2.86. The summed E-state index contributed by atoms with van der Waals surface area (Å²) in [6.45, 7) is 3.94. The van der Waals surface area contributed by atoms with Crippen LogP contribution in [0.2, 0.25) is 0 Å². The lowest BCUT2D eigenvalue weighted by atomic mass is 9.96. The summed E-state index contributed by atoms with van der Waals surface area (Å²) in [5.74, 6) is -0.547. The van der Waals surface area contributed by atoms with Crippen molar-refractivity contribution in [1.29, 1.82) is 0 Å². The molecule has 1 aliphatic heterocycles. The number of anilines is 1. The molecule has 1 aliphatic rings. The number of piperidine rings is 1. The Kier molecular flexibility index (Phi) is 7.78. The van der Waals surface area contributed by atoms with E-state index in [2.05, 4.69) is 10.6 Å². The molecular weight excluding hydrogens is 394 g/mol. The fourth-order valence-electron chi connectivity index (χ4n) is 3.58. The molecule has 3 rings (SSSR count). The van der Waals surface area contributed by atoms with Crippen LogP contribution in [-0.2, 0) is 9.53 Å². The summed E-state index contributed by atoms with van der Waals surface area (Å²) in [5, 5.41) is 5.70. The molecule has 1 saturated heterocycles. The number of carbonyl (C=O) groups excluding carboxylic acids is 3. The van der Waals surface area contributed by atoms with E-state index in [1.165, 1.54) is 0 Å². The lowest BCUT2D eigenvalue weighted by Gasteiger charge is -2.32. The fraction of sp³-hybridized carbons (Fsp3) is 0.375. The van der Waals surface area contributed by atoms with E-state index in [4.69, 9.17) is 4.74 Å². The summed E-state index contributed by atoms with van der Waals surface area (Å²) < 4.78 is 4.95. The lowest BCUT2D eigenvalue weighted by molar-refractivity contribution is -0.126. The van der Waals surface area contributed by atoms with Crippen LogP contribution in [0.1, 0.15) is 39.1 Å². The molecule has 0 saturated carbocycles. The summed E-state index contributed by atoms with van der Waals surface area (Å²) in [5.41, 5.74) is 2.82. The molecule has 2 aromatic rings. The molecule has 0 spiro atoms. The van der Waals surface area contributed by atoms with Gasteiger partial charge in [-0.1, -0.05) is 17.7 Å². The number of nitrogens with one attached hydrogen (secondary N) is 2. The van der Waals surface area contributed by atoms with Crippen LogP contribution in [0.5, 0.6) is 0 Å². The van der Waals surface area contributed by atoms with Gasteiger partial charge in [0.1, 0.15) is 0 Å². The zero-order chi connectivity index (χ0) is 22.2. The third kappa shape index (κ3) is 6.15. The van der Waals surface area contributed by atoms with E-state index >= 15 is 0 Å². The van der Waals surface area contributed by atoms with Gasteiger partial charge in [-0.2, -0.15) is 0 Å². The van der Waals surface area contributed by atoms with Gasteiger partial charge in [0.25, 0.3) is 11.8 Å². The first-order valence-electron chi connectivity index (χ1n) is 10.5. The Hall–Kier alpha value is -3.19. The molecule has 2 aromatic carbocycles. The van der Waals surface area contributed by atoms with Crippen molar-refractivity contribution in [1.82, 2.24) is 10.2 Å². The largest absolute Gasteiger partial charge is 0.383 e. The second-order valence-corrected chi connectivity index (χ2v) is 7.77. The van der Waals surface area contributed by atoms with Crippen LogP contribution in [0, 0.1) is 12.8 Å². The van der Waals surface area contributed by atoms with Crippen molar-refractivity contribution in [2.75, 3.05) is 38.7 Å². The summed E-state index contributed by atoms with van der Waals surface area (Å²) in [4.78, 5) is 39.3. The molecule has 0 aromatic heterocycles. The highest BCUT2D eigenvalue weighted by atomic mass is 16.5. The normalized spacial score (nSPS) is 15.9.